The molecule has 1 aromatic rings. The van der Waals surface area contributed by atoms with Gasteiger partial charge in [0.15, 0.2) is 0 Å². The molecule has 1 unspecified atom stereocenters. The highest BCUT2D eigenvalue weighted by molar-refractivity contribution is 7.59. The first-order valence-electron chi connectivity index (χ1n) is 5.07. The molecule has 1 heterocycles. The summed E-state index contributed by atoms with van der Waals surface area (Å²) in [6, 6.07) is 2.96. The Morgan fingerprint density at radius 1 is 1.44 bits per heavy atom. The highest BCUT2D eigenvalue weighted by Gasteiger charge is 2.32. The lowest BCUT2D eigenvalue weighted by molar-refractivity contribution is -0.307. The van der Waals surface area contributed by atoms with E-state index in [9.17, 15) is 29.3 Å². The second kappa shape index (κ2) is 5.84. The molecule has 2 atom stereocenters. The van der Waals surface area contributed by atoms with Gasteiger partial charge in [-0.1, -0.05) is 0 Å². The molecule has 0 aliphatic rings. The van der Waals surface area contributed by atoms with E-state index in [1.54, 1.807) is 0 Å². The molecule has 18 heavy (non-hydrogen) atoms. The van der Waals surface area contributed by atoms with Crippen LogP contribution in [0, 0.1) is 0 Å². The molecule has 0 amide bonds. The third-order valence-electron chi connectivity index (χ3n) is 2.37. The summed E-state index contributed by atoms with van der Waals surface area (Å²) in [5.74, 6) is -3.01. The molecule has 100 valence electrons. The van der Waals surface area contributed by atoms with E-state index in [1.165, 1.54) is 18.4 Å². The number of carbonyl (C=O) groups is 2. The third-order valence-corrected chi connectivity index (χ3v) is 4.60. The van der Waals surface area contributed by atoms with Gasteiger partial charge in [0.05, 0.1) is 17.9 Å². The molecule has 1 rings (SSSR count). The Morgan fingerprint density at radius 3 is 2.56 bits per heavy atom. The fourth-order valence-electron chi connectivity index (χ4n) is 1.42. The second-order valence-electron chi connectivity index (χ2n) is 3.72. The van der Waals surface area contributed by atoms with Crippen LogP contribution in [0.4, 0.5) is 0 Å². The lowest BCUT2D eigenvalue weighted by Gasteiger charge is -2.23. The van der Waals surface area contributed by atoms with Crippen molar-refractivity contribution in [3.63, 3.8) is 0 Å². The van der Waals surface area contributed by atoms with Gasteiger partial charge in [0.2, 0.25) is 7.37 Å². The monoisotopic (exact) mass is 274 g/mol. The molecule has 0 saturated heterocycles. The first-order valence-corrected chi connectivity index (χ1v) is 6.99. The number of rotatable bonds is 7. The van der Waals surface area contributed by atoms with Crippen LogP contribution in [0.25, 0.3) is 0 Å². The van der Waals surface area contributed by atoms with Gasteiger partial charge >= 0.3 is 0 Å². The molecular weight excluding hydrogens is 263 g/mol. The van der Waals surface area contributed by atoms with Crippen molar-refractivity contribution >= 4 is 19.3 Å². The van der Waals surface area contributed by atoms with Crippen LogP contribution in [-0.4, -0.2) is 28.7 Å². The van der Waals surface area contributed by atoms with Gasteiger partial charge in [-0.15, -0.1) is 0 Å². The average Bonchev–Trinajstić information content (AvgIpc) is 2.75. The van der Waals surface area contributed by atoms with Gasteiger partial charge in [-0.25, -0.2) is 0 Å². The van der Waals surface area contributed by atoms with Crippen molar-refractivity contribution in [3.8, 4) is 0 Å². The Morgan fingerprint density at radius 2 is 2.11 bits per heavy atom. The van der Waals surface area contributed by atoms with Gasteiger partial charge < -0.3 is 29.1 Å². The molecule has 0 aliphatic carbocycles. The summed E-state index contributed by atoms with van der Waals surface area (Å²) >= 11 is 0. The summed E-state index contributed by atoms with van der Waals surface area (Å²) in [4.78, 5) is 30.7. The van der Waals surface area contributed by atoms with E-state index in [1.807, 2.05) is 0 Å². The van der Waals surface area contributed by atoms with E-state index in [-0.39, 0.29) is 12.2 Å². The zero-order valence-corrected chi connectivity index (χ0v) is 10.2. The lowest BCUT2D eigenvalue weighted by atomic mass is 10.2. The summed E-state index contributed by atoms with van der Waals surface area (Å²) in [6.45, 7) is 0. The largest absolute Gasteiger partial charge is 0.550 e. The van der Waals surface area contributed by atoms with E-state index in [4.69, 9.17) is 4.42 Å². The maximum atomic E-state index is 11.8. The molecular formula is C10H11O7P-2. The van der Waals surface area contributed by atoms with Crippen LogP contribution in [0.15, 0.2) is 22.8 Å². The fourth-order valence-corrected chi connectivity index (χ4v) is 3.03. The molecule has 0 saturated carbocycles. The van der Waals surface area contributed by atoms with E-state index < -0.39 is 37.5 Å². The smallest absolute Gasteiger partial charge is 0.209 e. The summed E-state index contributed by atoms with van der Waals surface area (Å²) in [5, 5.41) is 21.1. The quantitative estimate of drug-likeness (QED) is 0.589. The Balaban J connectivity index is 2.80. The van der Waals surface area contributed by atoms with Crippen molar-refractivity contribution in [1.82, 2.24) is 0 Å². The molecule has 0 fully saturated rings. The maximum absolute atomic E-state index is 11.8. The first-order chi connectivity index (χ1) is 8.33. The summed E-state index contributed by atoms with van der Waals surface area (Å²) < 4.78 is 16.7. The van der Waals surface area contributed by atoms with Crippen LogP contribution in [0.1, 0.15) is 12.2 Å². The predicted molar refractivity (Wildman–Crippen MR) is 55.5 cm³/mol. The summed E-state index contributed by atoms with van der Waals surface area (Å²) in [5.41, 5.74) is -1.69. The molecule has 0 spiro atoms. The van der Waals surface area contributed by atoms with Crippen molar-refractivity contribution < 1.29 is 33.7 Å². The Kier molecular flexibility index (Phi) is 4.69. The second-order valence-corrected chi connectivity index (χ2v) is 6.30. The Hall–Kier alpha value is -1.59. The van der Waals surface area contributed by atoms with Gasteiger partial charge in [-0.3, -0.25) is 4.57 Å². The normalized spacial score (nSPS) is 15.8. The lowest BCUT2D eigenvalue weighted by Crippen LogP contribution is -2.38. The van der Waals surface area contributed by atoms with Crippen molar-refractivity contribution in [3.05, 3.63) is 24.2 Å². The zero-order chi connectivity index (χ0) is 13.8. The fraction of sp³-hybridized carbons (Fsp3) is 0.400. The predicted octanol–water partition coefficient (Wildman–Crippen LogP) is -1.65. The van der Waals surface area contributed by atoms with Crippen LogP contribution in [0.5, 0.6) is 0 Å². The average molecular weight is 274 g/mol. The van der Waals surface area contributed by atoms with Crippen molar-refractivity contribution in [2.75, 3.05) is 6.16 Å². The maximum Gasteiger partial charge on any atom is 0.209 e. The zero-order valence-electron chi connectivity index (χ0n) is 9.27. The first kappa shape index (κ1) is 14.5. The van der Waals surface area contributed by atoms with Gasteiger partial charge in [0, 0.05) is 18.6 Å². The van der Waals surface area contributed by atoms with Gasteiger partial charge in [0.1, 0.15) is 5.76 Å². The number of hydrogen-bond donors (Lipinski definition) is 1. The Bertz CT molecular complexity index is 465. The van der Waals surface area contributed by atoms with E-state index in [0.717, 1.165) is 0 Å². The number of hydrogen-bond acceptors (Lipinski definition) is 6. The van der Waals surface area contributed by atoms with Gasteiger partial charge in [0.25, 0.3) is 0 Å². The standard InChI is InChI=1S/C10H13O7P/c11-9(12)3-5-18(15,16)8(10(13)14)6-7-2-1-4-17-7/h1-2,4,8H,3,5-6H2,(H,11,12)(H,13,14)(H,15,16)/p-2/t8-/m1/s1. The SMILES string of the molecule is O=C([O-])CCP(=O)(O)[C@H](Cc1ccco1)C(=O)[O-]. The topological polar surface area (TPSA) is 131 Å². The van der Waals surface area contributed by atoms with Crippen LogP contribution < -0.4 is 10.2 Å². The molecule has 8 heteroatoms. The van der Waals surface area contributed by atoms with Gasteiger partial charge in [-0.2, -0.15) is 0 Å². The Labute approximate surface area is 102 Å². The minimum absolute atomic E-state index is 0.215. The molecule has 0 radical (unpaired) electrons. The molecule has 0 bridgehead atoms. The van der Waals surface area contributed by atoms with Crippen molar-refractivity contribution in [1.29, 1.82) is 0 Å². The number of carbonyl (C=O) groups excluding carboxylic acids is 2. The molecule has 0 aliphatic heterocycles. The molecule has 7 nitrogen and oxygen atoms in total. The van der Waals surface area contributed by atoms with Crippen LogP contribution in [-0.2, 0) is 20.6 Å². The minimum Gasteiger partial charge on any atom is -0.550 e. The van der Waals surface area contributed by atoms with Crippen LogP contribution >= 0.6 is 7.37 Å². The molecule has 1 aromatic heterocycles. The van der Waals surface area contributed by atoms with Crippen molar-refractivity contribution in [2.45, 2.75) is 18.5 Å². The van der Waals surface area contributed by atoms with Crippen molar-refractivity contribution in [2.24, 2.45) is 0 Å². The molecule has 0 aromatic carbocycles. The number of carboxylic acid groups (broad SMARTS) is 2. The summed E-state index contributed by atoms with van der Waals surface area (Å²) in [7, 11) is -4.20. The highest BCUT2D eigenvalue weighted by atomic mass is 31.2. The number of furan rings is 1. The summed E-state index contributed by atoms with van der Waals surface area (Å²) in [6.07, 6.45) is -0.383. The minimum atomic E-state index is -4.20. The van der Waals surface area contributed by atoms with Crippen LogP contribution in [0.2, 0.25) is 0 Å². The van der Waals surface area contributed by atoms with Gasteiger partial charge in [-0.05, 0) is 18.6 Å². The number of aliphatic carboxylic acids is 2. The third kappa shape index (κ3) is 4.01. The van der Waals surface area contributed by atoms with E-state index in [0.29, 0.717) is 0 Å². The van der Waals surface area contributed by atoms with Crippen LogP contribution in [0.3, 0.4) is 0 Å². The molecule has 1 N–H and O–H groups in total. The van der Waals surface area contributed by atoms with E-state index >= 15 is 0 Å². The number of carboxylic acids is 2. The van der Waals surface area contributed by atoms with E-state index in [2.05, 4.69) is 0 Å². The highest BCUT2D eigenvalue weighted by Crippen LogP contribution is 2.47.